The van der Waals surface area contributed by atoms with Gasteiger partial charge in [0.05, 0.1) is 30.4 Å². The zero-order valence-electron chi connectivity index (χ0n) is 26.1. The average Bonchev–Trinajstić information content (AvgIpc) is 3.21. The second-order valence-corrected chi connectivity index (χ2v) is 13.4. The molecule has 1 aliphatic heterocycles. The van der Waals surface area contributed by atoms with Crippen LogP contribution in [0.25, 0.3) is 10.9 Å². The van der Waals surface area contributed by atoms with E-state index in [-0.39, 0.29) is 11.4 Å². The molecule has 4 aliphatic rings. The molecular weight excluding hydrogens is 543 g/mol. The van der Waals surface area contributed by atoms with E-state index in [1.165, 1.54) is 19.6 Å². The maximum absolute atomic E-state index is 14.4. The number of rotatable bonds is 6. The lowest BCUT2D eigenvalue weighted by atomic mass is 9.45. The van der Waals surface area contributed by atoms with Crippen molar-refractivity contribution >= 4 is 22.5 Å². The third-order valence-electron chi connectivity index (χ3n) is 10.6. The van der Waals surface area contributed by atoms with Gasteiger partial charge in [0.15, 0.2) is 5.96 Å². The lowest BCUT2D eigenvalue weighted by Gasteiger charge is -2.61. The third kappa shape index (κ3) is 5.88. The summed E-state index contributed by atoms with van der Waals surface area (Å²) in [5.74, 6) is 3.08. The molecule has 4 atom stereocenters. The third-order valence-corrected chi connectivity index (χ3v) is 10.6. The zero-order chi connectivity index (χ0) is 30.3. The Morgan fingerprint density at radius 1 is 1.14 bits per heavy atom. The van der Waals surface area contributed by atoms with Crippen LogP contribution in [0.1, 0.15) is 45.6 Å². The van der Waals surface area contributed by atoms with Crippen LogP contribution in [0.2, 0.25) is 0 Å². The van der Waals surface area contributed by atoms with Crippen LogP contribution in [0.3, 0.4) is 0 Å². The van der Waals surface area contributed by atoms with Crippen LogP contribution in [0, 0.1) is 29.0 Å². The van der Waals surface area contributed by atoms with E-state index in [0.29, 0.717) is 52.6 Å². The van der Waals surface area contributed by atoms with Crippen molar-refractivity contribution in [2.45, 2.75) is 59.0 Å². The number of ether oxygens (including phenoxy) is 1. The number of nitrogens with one attached hydrogen (secondary N) is 1. The van der Waals surface area contributed by atoms with E-state index in [0.717, 1.165) is 62.5 Å². The van der Waals surface area contributed by atoms with Gasteiger partial charge in [0.1, 0.15) is 11.6 Å². The minimum atomic E-state index is -0.339. The van der Waals surface area contributed by atoms with E-state index in [1.807, 2.05) is 18.2 Å². The summed E-state index contributed by atoms with van der Waals surface area (Å²) in [5, 5.41) is 4.20. The molecule has 1 aromatic heterocycles. The van der Waals surface area contributed by atoms with Crippen molar-refractivity contribution in [2.24, 2.45) is 28.2 Å². The number of fused-ring (bicyclic) bond motifs is 3. The van der Waals surface area contributed by atoms with Gasteiger partial charge in [-0.3, -0.25) is 9.36 Å². The number of likely N-dealkylation sites (N-methyl/N-ethyl adjacent to an activating group) is 1. The Kier molecular flexibility index (Phi) is 8.20. The Bertz CT molecular complexity index is 1570. The van der Waals surface area contributed by atoms with Crippen molar-refractivity contribution in [3.63, 3.8) is 0 Å². The smallest absolute Gasteiger partial charge is 0.261 e. The number of aryl methyl sites for hydroxylation is 2. The van der Waals surface area contributed by atoms with Gasteiger partial charge in [-0.25, -0.2) is 14.4 Å². The summed E-state index contributed by atoms with van der Waals surface area (Å²) in [7, 11) is 3.69. The first-order chi connectivity index (χ1) is 20.6. The monoisotopic (exact) mass is 588 g/mol. The van der Waals surface area contributed by atoms with Crippen LogP contribution in [-0.4, -0.2) is 71.7 Å². The number of hydrogen-bond acceptors (Lipinski definition) is 5. The summed E-state index contributed by atoms with van der Waals surface area (Å²) in [6.45, 7) is 11.5. The molecule has 2 heterocycles. The van der Waals surface area contributed by atoms with E-state index in [2.05, 4.69) is 47.9 Å². The Morgan fingerprint density at radius 3 is 2.72 bits per heavy atom. The van der Waals surface area contributed by atoms with E-state index in [9.17, 15) is 9.18 Å². The first kappa shape index (κ1) is 29.6. The van der Waals surface area contributed by atoms with Gasteiger partial charge in [0.25, 0.3) is 5.56 Å². The normalized spacial score (nSPS) is 25.7. The molecule has 3 saturated carbocycles. The molecule has 2 bridgehead atoms. The summed E-state index contributed by atoms with van der Waals surface area (Å²) in [5.41, 5.74) is 2.33. The first-order valence-electron chi connectivity index (χ1n) is 15.7. The molecule has 1 saturated heterocycles. The molecule has 43 heavy (non-hydrogen) atoms. The van der Waals surface area contributed by atoms with Crippen molar-refractivity contribution in [1.82, 2.24) is 19.4 Å². The number of methoxy groups -OCH3 is 1. The molecule has 0 spiro atoms. The fraction of sp³-hybridized carbons (Fsp3) is 0.559. The standard InChI is InChI=1S/C34H45FN6O2/c1-22-28-17-24(34(28,2)3)18-30(22)38-33(40-13-6-12-39(4)15-16-40)37-25-8-10-27-31(19-25)36-21-41(32(27)42)14-11-23-7-9-26(43-5)20-29(23)35/h7-10,19-22,24,28,30H,6,11-18H2,1-5H3,(H,37,38)/t22-,24-,28+,30?/m0/s1. The van der Waals surface area contributed by atoms with E-state index >= 15 is 0 Å². The topological polar surface area (TPSA) is 75.0 Å². The second-order valence-electron chi connectivity index (χ2n) is 13.4. The molecule has 230 valence electrons. The fourth-order valence-electron chi connectivity index (χ4n) is 7.52. The molecule has 1 unspecified atom stereocenters. The highest BCUT2D eigenvalue weighted by Crippen LogP contribution is 2.61. The molecule has 3 aliphatic carbocycles. The SMILES string of the molecule is COc1ccc(CCn2cnc3cc(N/C(=N/C4C[C@@H]5C[C@H]([C@@H]4C)C5(C)C)N4CCCN(C)CC4)ccc3c2=O)c(F)c1. The highest BCUT2D eigenvalue weighted by Gasteiger charge is 2.56. The van der Waals surface area contributed by atoms with Crippen LogP contribution >= 0.6 is 0 Å². The molecule has 3 aromatic rings. The minimum Gasteiger partial charge on any atom is -0.497 e. The van der Waals surface area contributed by atoms with Crippen molar-refractivity contribution < 1.29 is 9.13 Å². The maximum Gasteiger partial charge on any atom is 0.261 e. The van der Waals surface area contributed by atoms with Crippen LogP contribution in [-0.2, 0) is 13.0 Å². The Labute approximate surface area is 254 Å². The Morgan fingerprint density at radius 2 is 1.98 bits per heavy atom. The maximum atomic E-state index is 14.4. The lowest BCUT2D eigenvalue weighted by molar-refractivity contribution is -0.108. The highest BCUT2D eigenvalue weighted by molar-refractivity contribution is 5.95. The zero-order valence-corrected chi connectivity index (χ0v) is 26.1. The number of aromatic nitrogens is 2. The molecule has 0 radical (unpaired) electrons. The van der Waals surface area contributed by atoms with Gasteiger partial charge >= 0.3 is 0 Å². The number of anilines is 1. The molecule has 4 fully saturated rings. The van der Waals surface area contributed by atoms with Gasteiger partial charge in [-0.1, -0.05) is 26.8 Å². The summed E-state index contributed by atoms with van der Waals surface area (Å²) in [6, 6.07) is 10.8. The molecule has 7 rings (SSSR count). The number of halogens is 1. The molecule has 1 N–H and O–H groups in total. The molecule has 2 aromatic carbocycles. The Balaban J connectivity index is 1.23. The van der Waals surface area contributed by atoms with Crippen LogP contribution in [0.5, 0.6) is 5.75 Å². The predicted molar refractivity (Wildman–Crippen MR) is 170 cm³/mol. The largest absolute Gasteiger partial charge is 0.497 e. The fourth-order valence-corrected chi connectivity index (χ4v) is 7.52. The number of nitrogens with zero attached hydrogens (tertiary/aromatic N) is 5. The van der Waals surface area contributed by atoms with Gasteiger partial charge in [0, 0.05) is 37.9 Å². The van der Waals surface area contributed by atoms with Crippen LogP contribution in [0.15, 0.2) is 52.5 Å². The quantitative estimate of drug-likeness (QED) is 0.313. The lowest BCUT2D eigenvalue weighted by Crippen LogP contribution is -2.56. The average molecular weight is 589 g/mol. The van der Waals surface area contributed by atoms with E-state index in [1.54, 1.807) is 23.0 Å². The summed E-state index contributed by atoms with van der Waals surface area (Å²) >= 11 is 0. The molecule has 0 amide bonds. The second kappa shape index (κ2) is 11.9. The number of aliphatic imine (C=N–C) groups is 1. The van der Waals surface area contributed by atoms with Crippen molar-refractivity contribution in [2.75, 3.05) is 45.7 Å². The number of benzene rings is 2. The summed E-state index contributed by atoms with van der Waals surface area (Å²) in [4.78, 5) is 28.1. The van der Waals surface area contributed by atoms with Crippen LogP contribution < -0.4 is 15.6 Å². The van der Waals surface area contributed by atoms with Gasteiger partial charge < -0.3 is 19.9 Å². The van der Waals surface area contributed by atoms with Gasteiger partial charge in [0.2, 0.25) is 0 Å². The number of guanidine groups is 1. The van der Waals surface area contributed by atoms with Gasteiger partial charge in [-0.15, -0.1) is 0 Å². The minimum absolute atomic E-state index is 0.132. The molecule has 9 heteroatoms. The van der Waals surface area contributed by atoms with Crippen molar-refractivity contribution in [3.8, 4) is 5.75 Å². The summed E-state index contributed by atoms with van der Waals surface area (Å²) in [6.07, 6.45) is 5.51. The van der Waals surface area contributed by atoms with Gasteiger partial charge in [-0.05, 0) is 92.3 Å². The number of hydrogen-bond donors (Lipinski definition) is 1. The molecular formula is C34H45FN6O2. The highest BCUT2D eigenvalue weighted by atomic mass is 19.1. The summed E-state index contributed by atoms with van der Waals surface area (Å²) < 4.78 is 21.1. The van der Waals surface area contributed by atoms with Crippen molar-refractivity contribution in [1.29, 1.82) is 0 Å². The Hall–Kier alpha value is -3.46. The van der Waals surface area contributed by atoms with Crippen LogP contribution in [0.4, 0.5) is 10.1 Å². The van der Waals surface area contributed by atoms with E-state index in [4.69, 9.17) is 9.73 Å². The first-order valence-corrected chi connectivity index (χ1v) is 15.7. The molecule has 8 nitrogen and oxygen atoms in total. The van der Waals surface area contributed by atoms with E-state index < -0.39 is 0 Å². The predicted octanol–water partition coefficient (Wildman–Crippen LogP) is 5.26. The van der Waals surface area contributed by atoms with Gasteiger partial charge in [-0.2, -0.15) is 0 Å². The van der Waals surface area contributed by atoms with Crippen molar-refractivity contribution in [3.05, 3.63) is 64.5 Å².